The Balaban J connectivity index is 1.54. The van der Waals surface area contributed by atoms with Crippen LogP contribution in [0.1, 0.15) is 28.4 Å². The second-order valence-corrected chi connectivity index (χ2v) is 7.57. The van der Waals surface area contributed by atoms with Gasteiger partial charge in [0.2, 0.25) is 0 Å². The second kappa shape index (κ2) is 10.2. The summed E-state index contributed by atoms with van der Waals surface area (Å²) < 4.78 is 0. The van der Waals surface area contributed by atoms with E-state index >= 15 is 0 Å². The summed E-state index contributed by atoms with van der Waals surface area (Å²) in [6.45, 7) is 4.40. The lowest BCUT2D eigenvalue weighted by Crippen LogP contribution is -2.47. The molecule has 160 valence electrons. The summed E-state index contributed by atoms with van der Waals surface area (Å²) in [5.41, 5.74) is 1.89. The third kappa shape index (κ3) is 5.34. The maximum absolute atomic E-state index is 12.4. The number of rotatable bonds is 8. The van der Waals surface area contributed by atoms with Gasteiger partial charge in [-0.25, -0.2) is 0 Å². The molecule has 2 aromatic carbocycles. The van der Waals surface area contributed by atoms with Crippen molar-refractivity contribution in [1.82, 2.24) is 15.1 Å². The predicted molar refractivity (Wildman–Crippen MR) is 118 cm³/mol. The molecule has 0 bridgehead atoms. The number of likely N-dealkylation sites (N-methyl/N-ethyl adjacent to an activating group) is 1. The Kier molecular flexibility index (Phi) is 7.37. The third-order valence-corrected chi connectivity index (χ3v) is 5.51. The molecule has 1 aliphatic heterocycles. The fourth-order valence-corrected chi connectivity index (χ4v) is 3.84. The fraction of sp³-hybridized carbons (Fsp3) is 0.409. The molecule has 0 spiro atoms. The number of nitrogens with zero attached hydrogens (tertiary/aromatic N) is 3. The zero-order chi connectivity index (χ0) is 21.5. The first-order valence-electron chi connectivity index (χ1n) is 10.2. The maximum atomic E-state index is 12.4. The molecule has 1 fully saturated rings. The Morgan fingerprint density at radius 3 is 2.67 bits per heavy atom. The molecule has 0 saturated carbocycles. The molecule has 0 unspecified atom stereocenters. The van der Waals surface area contributed by atoms with Gasteiger partial charge in [0.25, 0.3) is 11.6 Å². The molecule has 2 N–H and O–H groups in total. The van der Waals surface area contributed by atoms with Gasteiger partial charge >= 0.3 is 0 Å². The number of carbonyl (C=O) groups is 1. The van der Waals surface area contributed by atoms with Crippen molar-refractivity contribution >= 4 is 17.3 Å². The quantitative estimate of drug-likeness (QED) is 0.394. The van der Waals surface area contributed by atoms with Gasteiger partial charge in [-0.15, -0.1) is 0 Å². The molecular weight excluding hydrogens is 382 g/mol. The lowest BCUT2D eigenvalue weighted by Gasteiger charge is -2.40. The first-order chi connectivity index (χ1) is 14.5. The number of nitro groups is 1. The van der Waals surface area contributed by atoms with Crippen LogP contribution in [0.15, 0.2) is 48.5 Å². The molecule has 0 radical (unpaired) electrons. The van der Waals surface area contributed by atoms with Crippen molar-refractivity contribution in [2.45, 2.75) is 12.5 Å². The topological polar surface area (TPSA) is 90.8 Å². The summed E-state index contributed by atoms with van der Waals surface area (Å²) in [6.07, 6.45) is 0.815. The molecular formula is C22H29N5O3. The minimum Gasteiger partial charge on any atom is -0.383 e. The smallest absolute Gasteiger partial charge is 0.293 e. The number of nitro benzene ring substituents is 1. The molecule has 1 heterocycles. The van der Waals surface area contributed by atoms with Crippen LogP contribution in [0.25, 0.3) is 0 Å². The van der Waals surface area contributed by atoms with E-state index in [2.05, 4.69) is 51.7 Å². The maximum Gasteiger partial charge on any atom is 0.293 e. The monoisotopic (exact) mass is 411 g/mol. The van der Waals surface area contributed by atoms with Crippen LogP contribution < -0.4 is 10.6 Å². The Morgan fingerprint density at radius 1 is 1.20 bits per heavy atom. The average Bonchev–Trinajstić information content (AvgIpc) is 2.77. The van der Waals surface area contributed by atoms with Crippen molar-refractivity contribution in [2.75, 3.05) is 52.1 Å². The Labute approximate surface area is 177 Å². The SMILES string of the molecule is CNc1ccc(C(=O)NCCCN2CCN(C)C[C@H]2c2ccccc2)cc1[N+](=O)[O-]. The molecule has 8 heteroatoms. The minimum atomic E-state index is -0.486. The van der Waals surface area contributed by atoms with E-state index in [0.29, 0.717) is 23.8 Å². The zero-order valence-electron chi connectivity index (χ0n) is 17.5. The number of nitrogens with one attached hydrogen (secondary N) is 2. The van der Waals surface area contributed by atoms with E-state index in [1.165, 1.54) is 11.6 Å². The molecule has 1 atom stereocenters. The van der Waals surface area contributed by atoms with Crippen molar-refractivity contribution in [3.8, 4) is 0 Å². The van der Waals surface area contributed by atoms with Crippen molar-refractivity contribution in [2.24, 2.45) is 0 Å². The summed E-state index contributed by atoms with van der Waals surface area (Å²) in [4.78, 5) is 27.9. The fourth-order valence-electron chi connectivity index (χ4n) is 3.84. The summed E-state index contributed by atoms with van der Waals surface area (Å²) in [7, 11) is 3.76. The number of carbonyl (C=O) groups excluding carboxylic acids is 1. The number of hydrogen-bond acceptors (Lipinski definition) is 6. The first-order valence-corrected chi connectivity index (χ1v) is 10.2. The van der Waals surface area contributed by atoms with Crippen molar-refractivity contribution in [3.05, 3.63) is 69.8 Å². The van der Waals surface area contributed by atoms with Gasteiger partial charge in [-0.1, -0.05) is 30.3 Å². The third-order valence-electron chi connectivity index (χ3n) is 5.51. The zero-order valence-corrected chi connectivity index (χ0v) is 17.5. The number of amides is 1. The summed E-state index contributed by atoms with van der Waals surface area (Å²) in [5, 5.41) is 16.8. The number of hydrogen-bond donors (Lipinski definition) is 2. The van der Waals surface area contributed by atoms with E-state index in [1.807, 2.05) is 6.07 Å². The average molecular weight is 412 g/mol. The normalized spacial score (nSPS) is 17.5. The van der Waals surface area contributed by atoms with Crippen LogP contribution in [0.2, 0.25) is 0 Å². The van der Waals surface area contributed by atoms with Gasteiger partial charge in [-0.3, -0.25) is 19.8 Å². The molecule has 1 amide bonds. The standard InChI is InChI=1S/C22H29N5O3/c1-23-19-10-9-18(15-20(19)27(29)30)22(28)24-11-6-12-26-14-13-25(2)16-21(26)17-7-4-3-5-8-17/h3-5,7-10,15,21,23H,6,11-14,16H2,1-2H3,(H,24,28)/t21-/m0/s1. The second-order valence-electron chi connectivity index (χ2n) is 7.57. The highest BCUT2D eigenvalue weighted by Gasteiger charge is 2.26. The highest BCUT2D eigenvalue weighted by molar-refractivity contribution is 5.95. The van der Waals surface area contributed by atoms with E-state index in [0.717, 1.165) is 32.6 Å². The lowest BCUT2D eigenvalue weighted by atomic mass is 10.0. The van der Waals surface area contributed by atoms with E-state index in [9.17, 15) is 14.9 Å². The summed E-state index contributed by atoms with van der Waals surface area (Å²) >= 11 is 0. The van der Waals surface area contributed by atoms with Crippen LogP contribution >= 0.6 is 0 Å². The molecule has 3 rings (SSSR count). The molecule has 2 aromatic rings. The van der Waals surface area contributed by atoms with Gasteiger partial charge in [0.1, 0.15) is 5.69 Å². The number of anilines is 1. The van der Waals surface area contributed by atoms with Gasteiger partial charge in [-0.05, 0) is 31.2 Å². The highest BCUT2D eigenvalue weighted by Crippen LogP contribution is 2.26. The van der Waals surface area contributed by atoms with E-state index in [4.69, 9.17) is 0 Å². The molecule has 1 aliphatic rings. The minimum absolute atomic E-state index is 0.103. The number of piperazine rings is 1. The van der Waals surface area contributed by atoms with Crippen LogP contribution in [0.3, 0.4) is 0 Å². The Morgan fingerprint density at radius 2 is 1.97 bits per heavy atom. The van der Waals surface area contributed by atoms with Crippen LogP contribution in [-0.4, -0.2) is 67.4 Å². The largest absolute Gasteiger partial charge is 0.383 e. The Hall–Kier alpha value is -2.97. The summed E-state index contributed by atoms with van der Waals surface area (Å²) in [5.74, 6) is -0.293. The molecule has 30 heavy (non-hydrogen) atoms. The molecule has 1 saturated heterocycles. The molecule has 0 aromatic heterocycles. The predicted octanol–water partition coefficient (Wildman–Crippen LogP) is 2.75. The van der Waals surface area contributed by atoms with Crippen molar-refractivity contribution in [3.63, 3.8) is 0 Å². The Bertz CT molecular complexity index is 874. The van der Waals surface area contributed by atoms with Crippen molar-refractivity contribution in [1.29, 1.82) is 0 Å². The van der Waals surface area contributed by atoms with E-state index in [-0.39, 0.29) is 11.6 Å². The first kappa shape index (κ1) is 21.7. The number of benzene rings is 2. The van der Waals surface area contributed by atoms with Gasteiger partial charge in [0.15, 0.2) is 0 Å². The van der Waals surface area contributed by atoms with Crippen LogP contribution in [0, 0.1) is 10.1 Å². The van der Waals surface area contributed by atoms with Gasteiger partial charge < -0.3 is 15.5 Å². The lowest BCUT2D eigenvalue weighted by molar-refractivity contribution is -0.384. The van der Waals surface area contributed by atoms with E-state index in [1.54, 1.807) is 19.2 Å². The van der Waals surface area contributed by atoms with Crippen LogP contribution in [0.5, 0.6) is 0 Å². The van der Waals surface area contributed by atoms with Crippen molar-refractivity contribution < 1.29 is 9.72 Å². The van der Waals surface area contributed by atoms with Gasteiger partial charge in [0, 0.05) is 57.4 Å². The van der Waals surface area contributed by atoms with Gasteiger partial charge in [0.05, 0.1) is 4.92 Å². The summed E-state index contributed by atoms with van der Waals surface area (Å²) in [6, 6.07) is 15.3. The van der Waals surface area contributed by atoms with Crippen LogP contribution in [-0.2, 0) is 0 Å². The highest BCUT2D eigenvalue weighted by atomic mass is 16.6. The van der Waals surface area contributed by atoms with E-state index < -0.39 is 4.92 Å². The molecule has 0 aliphatic carbocycles. The van der Waals surface area contributed by atoms with Crippen LogP contribution in [0.4, 0.5) is 11.4 Å². The molecule has 8 nitrogen and oxygen atoms in total. The van der Waals surface area contributed by atoms with Gasteiger partial charge in [-0.2, -0.15) is 0 Å².